The Bertz CT molecular complexity index is 1920. The van der Waals surface area contributed by atoms with Crippen molar-refractivity contribution in [3.05, 3.63) is 71.6 Å². The van der Waals surface area contributed by atoms with Gasteiger partial charge in [0.1, 0.15) is 39.3 Å². The van der Waals surface area contributed by atoms with Crippen LogP contribution in [0.25, 0.3) is 33.4 Å². The first kappa shape index (κ1) is 44.6. The molecule has 12 heteroatoms. The zero-order chi connectivity index (χ0) is 36.3. The molecule has 1 aliphatic carbocycles. The summed E-state index contributed by atoms with van der Waals surface area (Å²) in [5.74, 6) is 0.876. The SMILES string of the molecule is C.CCSC(=S)SC(C)(C#N)CCC(=O)NCCOC(=O)c1ccccc1-c1c2ccc(=[N+](CC)CC)cc-2oc2cc(N(CC)CC)ccc12.Cl. The summed E-state index contributed by atoms with van der Waals surface area (Å²) in [6.07, 6.45) is 0.522. The average Bonchev–Trinajstić information content (AvgIpc) is 3.12. The number of anilines is 1. The predicted octanol–water partition coefficient (Wildman–Crippen LogP) is 9.03. The van der Waals surface area contributed by atoms with E-state index in [1.807, 2.05) is 25.1 Å². The topological polar surface area (TPSA) is 98.6 Å². The van der Waals surface area contributed by atoms with Crippen molar-refractivity contribution in [1.82, 2.24) is 9.89 Å². The van der Waals surface area contributed by atoms with Gasteiger partial charge in [-0.2, -0.15) is 5.26 Å². The van der Waals surface area contributed by atoms with Crippen LogP contribution in [0.3, 0.4) is 0 Å². The van der Waals surface area contributed by atoms with Crippen molar-refractivity contribution < 1.29 is 18.7 Å². The van der Waals surface area contributed by atoms with Crippen molar-refractivity contribution in [2.24, 2.45) is 0 Å². The van der Waals surface area contributed by atoms with Crippen molar-refractivity contribution >= 4 is 80.2 Å². The molecule has 8 nitrogen and oxygen atoms in total. The molecule has 4 rings (SSSR count). The second kappa shape index (κ2) is 21.2. The maximum atomic E-state index is 13.6. The molecule has 2 aromatic carbocycles. The van der Waals surface area contributed by atoms with Crippen LogP contribution in [-0.4, -0.2) is 65.2 Å². The van der Waals surface area contributed by atoms with E-state index in [2.05, 4.69) is 85.0 Å². The molecule has 1 amide bonds. The number of nitrogens with zero attached hydrogens (tertiary/aromatic N) is 3. The Balaban J connectivity index is 0.00000468. The van der Waals surface area contributed by atoms with E-state index in [-0.39, 0.29) is 45.3 Å². The van der Waals surface area contributed by atoms with Gasteiger partial charge in [-0.3, -0.25) is 4.79 Å². The number of nitrogens with one attached hydrogen (secondary N) is 1. The average molecular weight is 785 g/mol. The van der Waals surface area contributed by atoms with Gasteiger partial charge in [0.05, 0.1) is 24.2 Å². The van der Waals surface area contributed by atoms with E-state index in [1.54, 1.807) is 13.0 Å². The summed E-state index contributed by atoms with van der Waals surface area (Å²) < 4.78 is 14.5. The van der Waals surface area contributed by atoms with Crippen molar-refractivity contribution in [2.75, 3.05) is 50.0 Å². The van der Waals surface area contributed by atoms with Gasteiger partial charge in [0.15, 0.2) is 0 Å². The highest BCUT2D eigenvalue weighted by Gasteiger charge is 2.28. The zero-order valence-electron chi connectivity index (χ0n) is 30.2. The van der Waals surface area contributed by atoms with Gasteiger partial charge in [-0.1, -0.05) is 56.5 Å². The van der Waals surface area contributed by atoms with Crippen LogP contribution in [0, 0.1) is 11.3 Å². The van der Waals surface area contributed by atoms with Crippen molar-refractivity contribution in [3.63, 3.8) is 0 Å². The number of hydrogen-bond donors (Lipinski definition) is 1. The van der Waals surface area contributed by atoms with E-state index in [9.17, 15) is 14.9 Å². The van der Waals surface area contributed by atoms with E-state index in [0.717, 1.165) is 76.4 Å². The third-order valence-electron chi connectivity index (χ3n) is 8.66. The second-order valence-corrected chi connectivity index (χ2v) is 15.8. The number of nitriles is 1. The molecule has 0 saturated heterocycles. The highest BCUT2D eigenvalue weighted by Crippen LogP contribution is 2.42. The first-order valence-electron chi connectivity index (χ1n) is 17.2. The molecule has 1 atom stereocenters. The number of esters is 1. The van der Waals surface area contributed by atoms with Gasteiger partial charge in [-0.15, -0.1) is 24.2 Å². The molecule has 2 aromatic rings. The molecule has 52 heavy (non-hydrogen) atoms. The van der Waals surface area contributed by atoms with Crippen LogP contribution in [0.15, 0.2) is 65.1 Å². The van der Waals surface area contributed by atoms with Gasteiger partial charge < -0.3 is 19.4 Å². The minimum atomic E-state index is -0.786. The quantitative estimate of drug-likeness (QED) is 0.0417. The largest absolute Gasteiger partial charge is 0.460 e. The Morgan fingerprint density at radius 2 is 1.73 bits per heavy atom. The van der Waals surface area contributed by atoms with Gasteiger partial charge >= 0.3 is 5.97 Å². The van der Waals surface area contributed by atoms with Crippen LogP contribution >= 0.6 is 48.1 Å². The number of benzene rings is 3. The van der Waals surface area contributed by atoms with E-state index in [1.165, 1.54) is 23.5 Å². The van der Waals surface area contributed by atoms with Crippen molar-refractivity contribution in [3.8, 4) is 28.5 Å². The Hall–Kier alpha value is -3.56. The van der Waals surface area contributed by atoms with E-state index in [4.69, 9.17) is 21.4 Å². The summed E-state index contributed by atoms with van der Waals surface area (Å²) in [4.78, 5) is 28.5. The molecule has 0 bridgehead atoms. The highest BCUT2D eigenvalue weighted by molar-refractivity contribution is 8.47. The number of hydrogen-bond acceptors (Lipinski definition) is 9. The Morgan fingerprint density at radius 3 is 2.38 bits per heavy atom. The zero-order valence-corrected chi connectivity index (χ0v) is 33.5. The summed E-state index contributed by atoms with van der Waals surface area (Å²) in [6, 6.07) is 22.3. The van der Waals surface area contributed by atoms with Gasteiger partial charge in [-0.25, -0.2) is 9.37 Å². The monoisotopic (exact) mass is 783 g/mol. The number of amides is 1. The second-order valence-electron chi connectivity index (χ2n) is 11.8. The van der Waals surface area contributed by atoms with Crippen LogP contribution < -0.4 is 20.1 Å². The smallest absolute Gasteiger partial charge is 0.338 e. The normalized spacial score (nSPS) is 11.8. The van der Waals surface area contributed by atoms with Crippen LogP contribution in [0.4, 0.5) is 5.69 Å². The number of thiocarbonyl (C=S) groups is 1. The van der Waals surface area contributed by atoms with Gasteiger partial charge in [0, 0.05) is 53.8 Å². The number of fused-ring (bicyclic) bond motifs is 2. The third kappa shape index (κ3) is 11.0. The molecule has 1 N–H and O–H groups in total. The van der Waals surface area contributed by atoms with E-state index in [0.29, 0.717) is 15.5 Å². The summed E-state index contributed by atoms with van der Waals surface area (Å²) in [5.41, 5.74) is 4.77. The number of carbonyl (C=O) groups excluding carboxylic acids is 2. The molecule has 0 saturated carbocycles. The Labute approximate surface area is 329 Å². The van der Waals surface area contributed by atoms with Crippen molar-refractivity contribution in [2.45, 2.75) is 66.6 Å². The summed E-state index contributed by atoms with van der Waals surface area (Å²) in [6.45, 7) is 16.0. The molecular formula is C40H52ClN4O4S3+. The minimum Gasteiger partial charge on any atom is -0.460 e. The minimum absolute atomic E-state index is 0. The first-order valence-corrected chi connectivity index (χ1v) is 19.5. The molecule has 0 spiro atoms. The molecule has 1 aliphatic heterocycles. The van der Waals surface area contributed by atoms with Gasteiger partial charge in [0.25, 0.3) is 0 Å². The maximum Gasteiger partial charge on any atom is 0.338 e. The van der Waals surface area contributed by atoms with Crippen LogP contribution in [-0.2, 0) is 9.53 Å². The van der Waals surface area contributed by atoms with E-state index < -0.39 is 10.7 Å². The molecule has 0 aromatic heterocycles. The number of halogens is 1. The fraction of sp³-hybridized carbons (Fsp3) is 0.425. The third-order valence-corrected chi connectivity index (χ3v) is 11.3. The van der Waals surface area contributed by atoms with E-state index >= 15 is 0 Å². The number of carbonyl (C=O) groups is 2. The lowest BCUT2D eigenvalue weighted by Crippen LogP contribution is -2.30. The van der Waals surface area contributed by atoms with Gasteiger partial charge in [-0.05, 0) is 76.6 Å². The molecular weight excluding hydrogens is 732 g/mol. The molecule has 1 unspecified atom stereocenters. The summed E-state index contributed by atoms with van der Waals surface area (Å²) in [7, 11) is 0. The Kier molecular flexibility index (Phi) is 18.2. The highest BCUT2D eigenvalue weighted by atomic mass is 35.5. The number of rotatable bonds is 15. The molecule has 0 fully saturated rings. The number of thioether (sulfide) groups is 2. The van der Waals surface area contributed by atoms with Crippen LogP contribution in [0.2, 0.25) is 0 Å². The number of ether oxygens (including phenoxy) is 1. The van der Waals surface area contributed by atoms with Crippen LogP contribution in [0.5, 0.6) is 0 Å². The lowest BCUT2D eigenvalue weighted by Gasteiger charge is -2.22. The Morgan fingerprint density at radius 1 is 1.02 bits per heavy atom. The standard InChI is InChI=1S/C39H46N4O4S3.CH4.ClH/c1-7-42(8-2)27-16-18-31-33(24-27)47-34-25-28(43(9-3)10-4)17-19-32(34)36(31)29-14-12-13-15-30(29)37(45)46-23-22-41-35(44)20-21-39(6,26-40)50-38(48)49-11-5;;/h12-19,24-25H,7-11,20-23H2,1-6H3;1H4;1H/p+1. The lowest BCUT2D eigenvalue weighted by molar-refractivity contribution is -0.121. The first-order chi connectivity index (χ1) is 24.1. The fourth-order valence-electron chi connectivity index (χ4n) is 5.92. The lowest BCUT2D eigenvalue weighted by atomic mass is 9.90. The molecule has 2 aliphatic rings. The molecule has 0 radical (unpaired) electrons. The molecule has 1 heterocycles. The van der Waals surface area contributed by atoms with Gasteiger partial charge in [0.2, 0.25) is 11.3 Å². The predicted molar refractivity (Wildman–Crippen MR) is 227 cm³/mol. The maximum absolute atomic E-state index is 13.6. The summed E-state index contributed by atoms with van der Waals surface area (Å²) >= 11 is 8.19. The van der Waals surface area contributed by atoms with Crippen molar-refractivity contribution in [1.29, 1.82) is 5.26 Å². The fourth-order valence-corrected chi connectivity index (χ4v) is 8.82. The molecule has 280 valence electrons. The summed E-state index contributed by atoms with van der Waals surface area (Å²) in [5, 5.41) is 14.5. The van der Waals surface area contributed by atoms with Crippen LogP contribution in [0.1, 0.15) is 72.2 Å².